The van der Waals surface area contributed by atoms with Crippen LogP contribution in [0, 0.1) is 0 Å². The standard InChI is InChI=1S/C15H9Cl2NO2S/c16-8-2-1-3-10(6-8)18-15(20)14-13(19)11-7-9(17)4-5-12(11)21-14/h1-7,19H,(H,18,20). The first-order valence-electron chi connectivity index (χ1n) is 6.02. The average Bonchev–Trinajstić information content (AvgIpc) is 2.76. The molecular weight excluding hydrogens is 329 g/mol. The molecule has 0 bridgehead atoms. The zero-order valence-electron chi connectivity index (χ0n) is 10.6. The molecule has 2 N–H and O–H groups in total. The van der Waals surface area contributed by atoms with Crippen LogP contribution in [0.15, 0.2) is 42.5 Å². The number of anilines is 1. The molecule has 0 unspecified atom stereocenters. The molecule has 3 rings (SSSR count). The van der Waals surface area contributed by atoms with Crippen molar-refractivity contribution in [3.63, 3.8) is 0 Å². The highest BCUT2D eigenvalue weighted by Crippen LogP contribution is 2.38. The lowest BCUT2D eigenvalue weighted by molar-refractivity contribution is 0.102. The largest absolute Gasteiger partial charge is 0.506 e. The van der Waals surface area contributed by atoms with Crippen molar-refractivity contribution in [2.24, 2.45) is 0 Å². The minimum atomic E-state index is -0.382. The molecular formula is C15H9Cl2NO2S. The van der Waals surface area contributed by atoms with E-state index in [-0.39, 0.29) is 16.5 Å². The van der Waals surface area contributed by atoms with Crippen LogP contribution in [-0.4, -0.2) is 11.0 Å². The number of hydrogen-bond acceptors (Lipinski definition) is 3. The van der Waals surface area contributed by atoms with Crippen molar-refractivity contribution < 1.29 is 9.90 Å². The van der Waals surface area contributed by atoms with E-state index in [4.69, 9.17) is 23.2 Å². The van der Waals surface area contributed by atoms with Crippen LogP contribution in [-0.2, 0) is 0 Å². The highest BCUT2D eigenvalue weighted by Gasteiger charge is 2.18. The van der Waals surface area contributed by atoms with Gasteiger partial charge in [0.1, 0.15) is 10.6 Å². The molecule has 0 saturated carbocycles. The number of carbonyl (C=O) groups is 1. The minimum absolute atomic E-state index is 0.0583. The van der Waals surface area contributed by atoms with Gasteiger partial charge in [-0.15, -0.1) is 11.3 Å². The van der Waals surface area contributed by atoms with E-state index in [2.05, 4.69) is 5.32 Å². The van der Waals surface area contributed by atoms with Gasteiger partial charge >= 0.3 is 0 Å². The number of amides is 1. The van der Waals surface area contributed by atoms with Gasteiger partial charge in [0.25, 0.3) is 5.91 Å². The maximum absolute atomic E-state index is 12.3. The number of aromatic hydroxyl groups is 1. The van der Waals surface area contributed by atoms with Crippen LogP contribution in [0.1, 0.15) is 9.67 Å². The Bertz CT molecular complexity index is 845. The number of benzene rings is 2. The quantitative estimate of drug-likeness (QED) is 0.677. The number of hydrogen-bond donors (Lipinski definition) is 2. The monoisotopic (exact) mass is 337 g/mol. The number of fused-ring (bicyclic) bond motifs is 1. The summed E-state index contributed by atoms with van der Waals surface area (Å²) in [6.07, 6.45) is 0. The third kappa shape index (κ3) is 2.83. The predicted molar refractivity (Wildman–Crippen MR) is 87.9 cm³/mol. The molecule has 0 spiro atoms. The Hall–Kier alpha value is -1.75. The molecule has 6 heteroatoms. The molecule has 2 aromatic carbocycles. The van der Waals surface area contributed by atoms with E-state index in [0.717, 1.165) is 4.70 Å². The Morgan fingerprint density at radius 1 is 1.10 bits per heavy atom. The van der Waals surface area contributed by atoms with E-state index in [1.807, 2.05) is 0 Å². The normalized spacial score (nSPS) is 10.8. The van der Waals surface area contributed by atoms with Crippen LogP contribution >= 0.6 is 34.5 Å². The van der Waals surface area contributed by atoms with Crippen LogP contribution in [0.4, 0.5) is 5.69 Å². The fraction of sp³-hybridized carbons (Fsp3) is 0. The first-order valence-corrected chi connectivity index (χ1v) is 7.60. The summed E-state index contributed by atoms with van der Waals surface area (Å²) in [5, 5.41) is 14.5. The van der Waals surface area contributed by atoms with Crippen molar-refractivity contribution in [1.82, 2.24) is 0 Å². The van der Waals surface area contributed by atoms with Crippen LogP contribution in [0.5, 0.6) is 5.75 Å². The molecule has 0 aliphatic carbocycles. The molecule has 0 fully saturated rings. The van der Waals surface area contributed by atoms with Gasteiger partial charge < -0.3 is 10.4 Å². The van der Waals surface area contributed by atoms with E-state index in [9.17, 15) is 9.90 Å². The second-order valence-electron chi connectivity index (χ2n) is 4.38. The van der Waals surface area contributed by atoms with Crippen LogP contribution < -0.4 is 5.32 Å². The van der Waals surface area contributed by atoms with E-state index in [1.165, 1.54) is 11.3 Å². The van der Waals surface area contributed by atoms with E-state index >= 15 is 0 Å². The Kier molecular flexibility index (Phi) is 3.76. The van der Waals surface area contributed by atoms with Crippen LogP contribution in [0.25, 0.3) is 10.1 Å². The Balaban J connectivity index is 1.96. The van der Waals surface area contributed by atoms with E-state index < -0.39 is 0 Å². The van der Waals surface area contributed by atoms with Crippen molar-refractivity contribution in [1.29, 1.82) is 0 Å². The van der Waals surface area contributed by atoms with Crippen LogP contribution in [0.2, 0.25) is 10.0 Å². The second-order valence-corrected chi connectivity index (χ2v) is 6.31. The molecule has 0 saturated heterocycles. The topological polar surface area (TPSA) is 49.3 Å². The fourth-order valence-electron chi connectivity index (χ4n) is 1.96. The summed E-state index contributed by atoms with van der Waals surface area (Å²) in [7, 11) is 0. The van der Waals surface area contributed by atoms with Crippen LogP contribution in [0.3, 0.4) is 0 Å². The van der Waals surface area contributed by atoms with Gasteiger partial charge in [0, 0.05) is 25.8 Å². The first-order chi connectivity index (χ1) is 10.0. The number of rotatable bonds is 2. The van der Waals surface area contributed by atoms with Gasteiger partial charge in [-0.1, -0.05) is 29.3 Å². The third-order valence-electron chi connectivity index (χ3n) is 2.91. The molecule has 1 heterocycles. The predicted octanol–water partition coefficient (Wildman–Crippen LogP) is 5.17. The van der Waals surface area contributed by atoms with Gasteiger partial charge in [-0.25, -0.2) is 0 Å². The summed E-state index contributed by atoms with van der Waals surface area (Å²) in [6.45, 7) is 0. The summed E-state index contributed by atoms with van der Waals surface area (Å²) in [6, 6.07) is 12.0. The Morgan fingerprint density at radius 2 is 1.86 bits per heavy atom. The number of nitrogens with one attached hydrogen (secondary N) is 1. The van der Waals surface area contributed by atoms with Crippen molar-refractivity contribution in [3.05, 3.63) is 57.4 Å². The van der Waals surface area contributed by atoms with Crippen molar-refractivity contribution in [3.8, 4) is 5.75 Å². The fourth-order valence-corrected chi connectivity index (χ4v) is 3.30. The van der Waals surface area contributed by atoms with Gasteiger partial charge in [0.15, 0.2) is 0 Å². The molecule has 0 aliphatic heterocycles. The molecule has 0 aliphatic rings. The van der Waals surface area contributed by atoms with Crippen molar-refractivity contribution >= 4 is 56.2 Å². The maximum atomic E-state index is 12.3. The van der Waals surface area contributed by atoms with E-state index in [1.54, 1.807) is 42.5 Å². The minimum Gasteiger partial charge on any atom is -0.506 e. The average molecular weight is 338 g/mol. The summed E-state index contributed by atoms with van der Waals surface area (Å²) in [5.74, 6) is -0.441. The molecule has 1 aromatic heterocycles. The Morgan fingerprint density at radius 3 is 2.62 bits per heavy atom. The third-order valence-corrected chi connectivity index (χ3v) is 4.54. The molecule has 0 radical (unpaired) electrons. The van der Waals surface area contributed by atoms with Gasteiger partial charge in [-0.3, -0.25) is 4.79 Å². The molecule has 3 aromatic rings. The molecule has 106 valence electrons. The Labute approximate surface area is 134 Å². The molecule has 21 heavy (non-hydrogen) atoms. The molecule has 3 nitrogen and oxygen atoms in total. The first kappa shape index (κ1) is 14.2. The van der Waals surface area contributed by atoms with Gasteiger partial charge in [-0.05, 0) is 36.4 Å². The molecule has 1 amide bonds. The van der Waals surface area contributed by atoms with E-state index in [0.29, 0.717) is 21.1 Å². The number of carbonyl (C=O) groups excluding carboxylic acids is 1. The summed E-state index contributed by atoms with van der Waals surface area (Å²) >= 11 is 13.0. The summed E-state index contributed by atoms with van der Waals surface area (Å²) < 4.78 is 0.799. The zero-order valence-corrected chi connectivity index (χ0v) is 12.9. The zero-order chi connectivity index (χ0) is 15.0. The number of thiophene rings is 1. The van der Waals surface area contributed by atoms with Gasteiger partial charge in [-0.2, -0.15) is 0 Å². The lowest BCUT2D eigenvalue weighted by Crippen LogP contribution is -2.10. The molecule has 0 atom stereocenters. The van der Waals surface area contributed by atoms with Gasteiger partial charge in [0.05, 0.1) is 0 Å². The highest BCUT2D eigenvalue weighted by atomic mass is 35.5. The van der Waals surface area contributed by atoms with Gasteiger partial charge in [0.2, 0.25) is 0 Å². The highest BCUT2D eigenvalue weighted by molar-refractivity contribution is 7.21. The SMILES string of the molecule is O=C(Nc1cccc(Cl)c1)c1sc2ccc(Cl)cc2c1O. The summed E-state index contributed by atoms with van der Waals surface area (Å²) in [5.41, 5.74) is 0.572. The second kappa shape index (κ2) is 5.56. The maximum Gasteiger partial charge on any atom is 0.269 e. The van der Waals surface area contributed by atoms with Crippen molar-refractivity contribution in [2.75, 3.05) is 5.32 Å². The lowest BCUT2D eigenvalue weighted by Gasteiger charge is -2.04. The summed E-state index contributed by atoms with van der Waals surface area (Å²) in [4.78, 5) is 12.5. The lowest BCUT2D eigenvalue weighted by atomic mass is 10.2. The number of halogens is 2. The van der Waals surface area contributed by atoms with Crippen molar-refractivity contribution in [2.45, 2.75) is 0 Å². The smallest absolute Gasteiger partial charge is 0.269 e.